The van der Waals surface area contributed by atoms with Gasteiger partial charge in [-0.3, -0.25) is 4.90 Å². The number of hydrogen-bond donors (Lipinski definition) is 0. The van der Waals surface area contributed by atoms with Gasteiger partial charge in [-0.2, -0.15) is 0 Å². The van der Waals surface area contributed by atoms with Gasteiger partial charge in [0, 0.05) is 28.3 Å². The van der Waals surface area contributed by atoms with Gasteiger partial charge in [0.25, 0.3) is 0 Å². The summed E-state index contributed by atoms with van der Waals surface area (Å²) in [5.41, 5.74) is 0. The van der Waals surface area contributed by atoms with E-state index in [9.17, 15) is 0 Å². The molecule has 1 nitrogen and oxygen atoms in total. The molecule has 1 aromatic rings. The van der Waals surface area contributed by atoms with Gasteiger partial charge >= 0.3 is 0 Å². The molecule has 0 radical (unpaired) electrons. The van der Waals surface area contributed by atoms with Crippen molar-refractivity contribution in [3.05, 3.63) is 22.4 Å². The number of alkyl halides is 1. The lowest BCUT2D eigenvalue weighted by atomic mass is 10.0. The highest BCUT2D eigenvalue weighted by atomic mass is 79.9. The fourth-order valence-corrected chi connectivity index (χ4v) is 4.83. The second-order valence-electron chi connectivity index (χ2n) is 5.02. The quantitative estimate of drug-likeness (QED) is 0.770. The minimum atomic E-state index is 0.781. The van der Waals surface area contributed by atoms with Gasteiger partial charge in [-0.25, -0.2) is 0 Å². The van der Waals surface area contributed by atoms with Crippen molar-refractivity contribution in [3.63, 3.8) is 0 Å². The number of piperidine rings is 1. The van der Waals surface area contributed by atoms with Gasteiger partial charge in [-0.05, 0) is 43.6 Å². The summed E-state index contributed by atoms with van der Waals surface area (Å²) in [5.74, 6) is 0. The second-order valence-corrected chi connectivity index (χ2v) is 7.35. The van der Waals surface area contributed by atoms with E-state index in [1.165, 1.54) is 38.6 Å². The zero-order valence-electron chi connectivity index (χ0n) is 9.44. The molecule has 2 fully saturated rings. The van der Waals surface area contributed by atoms with E-state index >= 15 is 0 Å². The molecule has 2 aliphatic heterocycles. The topological polar surface area (TPSA) is 3.24 Å². The molecule has 88 valence electrons. The molecule has 0 aliphatic carbocycles. The van der Waals surface area contributed by atoms with E-state index < -0.39 is 0 Å². The molecule has 3 rings (SSSR count). The Morgan fingerprint density at radius 2 is 2.06 bits per heavy atom. The number of halogens is 1. The first-order valence-corrected chi connectivity index (χ1v) is 8.04. The molecule has 2 atom stereocenters. The van der Waals surface area contributed by atoms with E-state index in [0.29, 0.717) is 0 Å². The number of nitrogens with zero attached hydrogens (tertiary/aromatic N) is 1. The van der Waals surface area contributed by atoms with Gasteiger partial charge in [0.05, 0.1) is 0 Å². The van der Waals surface area contributed by atoms with Crippen LogP contribution in [-0.4, -0.2) is 28.4 Å². The maximum Gasteiger partial charge on any atom is 0.0175 e. The van der Waals surface area contributed by atoms with Crippen molar-refractivity contribution in [2.75, 3.05) is 6.54 Å². The van der Waals surface area contributed by atoms with Crippen molar-refractivity contribution in [1.29, 1.82) is 0 Å². The third-order valence-corrected chi connectivity index (χ3v) is 5.71. The molecule has 0 spiro atoms. The SMILES string of the molecule is BrC1CC2CCC(C1)N2CCc1cccs1. The van der Waals surface area contributed by atoms with Crippen LogP contribution >= 0.6 is 27.3 Å². The summed E-state index contributed by atoms with van der Waals surface area (Å²) in [4.78, 5) is 5.10. The molecule has 16 heavy (non-hydrogen) atoms. The molecule has 2 unspecified atom stereocenters. The fraction of sp³-hybridized carbons (Fsp3) is 0.692. The van der Waals surface area contributed by atoms with Crippen LogP contribution in [0.4, 0.5) is 0 Å². The average Bonchev–Trinajstić information content (AvgIpc) is 2.83. The maximum absolute atomic E-state index is 3.80. The summed E-state index contributed by atoms with van der Waals surface area (Å²) in [6, 6.07) is 6.16. The first kappa shape index (κ1) is 11.2. The molecule has 0 aromatic carbocycles. The third-order valence-electron chi connectivity index (χ3n) is 4.02. The van der Waals surface area contributed by atoms with Crippen molar-refractivity contribution in [2.24, 2.45) is 0 Å². The van der Waals surface area contributed by atoms with Crippen molar-refractivity contribution >= 4 is 27.3 Å². The second kappa shape index (κ2) is 4.79. The van der Waals surface area contributed by atoms with E-state index in [1.54, 1.807) is 4.88 Å². The number of hydrogen-bond acceptors (Lipinski definition) is 2. The zero-order valence-corrected chi connectivity index (χ0v) is 11.8. The standard InChI is InChI=1S/C13H18BrNS/c14-10-8-11-3-4-12(9-10)15(11)6-5-13-2-1-7-16-13/h1-2,7,10-12H,3-6,8-9H2. The third kappa shape index (κ3) is 2.22. The normalized spacial score (nSPS) is 34.4. The molecule has 2 saturated heterocycles. The van der Waals surface area contributed by atoms with E-state index in [4.69, 9.17) is 0 Å². The van der Waals surface area contributed by atoms with Crippen LogP contribution in [0, 0.1) is 0 Å². The van der Waals surface area contributed by atoms with E-state index in [-0.39, 0.29) is 0 Å². The number of thiophene rings is 1. The van der Waals surface area contributed by atoms with Crippen molar-refractivity contribution in [2.45, 2.75) is 49.0 Å². The van der Waals surface area contributed by atoms with Crippen molar-refractivity contribution < 1.29 is 0 Å². The van der Waals surface area contributed by atoms with Crippen LogP contribution in [0.25, 0.3) is 0 Å². The van der Waals surface area contributed by atoms with Gasteiger partial charge in [-0.15, -0.1) is 11.3 Å². The number of fused-ring (bicyclic) bond motifs is 2. The Bertz CT molecular complexity index is 324. The van der Waals surface area contributed by atoms with Gasteiger partial charge in [0.2, 0.25) is 0 Å². The smallest absolute Gasteiger partial charge is 0.0175 e. The molecule has 3 heteroatoms. The van der Waals surface area contributed by atoms with Gasteiger partial charge < -0.3 is 0 Å². The maximum atomic E-state index is 3.80. The summed E-state index contributed by atoms with van der Waals surface area (Å²) >= 11 is 5.70. The Kier molecular flexibility index (Phi) is 3.37. The molecule has 0 saturated carbocycles. The monoisotopic (exact) mass is 299 g/mol. The van der Waals surface area contributed by atoms with Gasteiger partial charge in [0.1, 0.15) is 0 Å². The minimum absolute atomic E-state index is 0.781. The Balaban J connectivity index is 1.59. The molecule has 0 amide bonds. The van der Waals surface area contributed by atoms with Crippen molar-refractivity contribution in [3.8, 4) is 0 Å². The Labute approximate surface area is 110 Å². The van der Waals surface area contributed by atoms with Crippen LogP contribution in [0.2, 0.25) is 0 Å². The van der Waals surface area contributed by atoms with E-state index in [0.717, 1.165) is 16.9 Å². The van der Waals surface area contributed by atoms with Crippen LogP contribution < -0.4 is 0 Å². The van der Waals surface area contributed by atoms with E-state index in [1.807, 2.05) is 11.3 Å². The van der Waals surface area contributed by atoms with Crippen molar-refractivity contribution in [1.82, 2.24) is 4.90 Å². The Morgan fingerprint density at radius 3 is 2.69 bits per heavy atom. The first-order valence-electron chi connectivity index (χ1n) is 6.25. The molecular formula is C13H18BrNS. The molecule has 2 bridgehead atoms. The molecular weight excluding hydrogens is 282 g/mol. The summed E-state index contributed by atoms with van der Waals surface area (Å²) in [6.45, 7) is 1.27. The Hall–Kier alpha value is 0.140. The summed E-state index contributed by atoms with van der Waals surface area (Å²) in [5, 5.41) is 2.19. The molecule has 1 aromatic heterocycles. The summed E-state index contributed by atoms with van der Waals surface area (Å²) < 4.78 is 0. The minimum Gasteiger partial charge on any atom is -0.297 e. The highest BCUT2D eigenvalue weighted by Gasteiger charge is 2.39. The first-order chi connectivity index (χ1) is 7.83. The number of rotatable bonds is 3. The molecule has 3 heterocycles. The summed E-state index contributed by atoms with van der Waals surface area (Å²) in [6.07, 6.45) is 6.83. The van der Waals surface area contributed by atoms with Crippen LogP contribution in [0.1, 0.15) is 30.6 Å². The van der Waals surface area contributed by atoms with Crippen LogP contribution in [-0.2, 0) is 6.42 Å². The van der Waals surface area contributed by atoms with Gasteiger partial charge in [0.15, 0.2) is 0 Å². The fourth-order valence-electron chi connectivity index (χ4n) is 3.27. The average molecular weight is 300 g/mol. The zero-order chi connectivity index (χ0) is 11.0. The lowest BCUT2D eigenvalue weighted by Gasteiger charge is -2.37. The molecule has 0 N–H and O–H groups in total. The van der Waals surface area contributed by atoms with E-state index in [2.05, 4.69) is 38.3 Å². The highest BCUT2D eigenvalue weighted by Crippen LogP contribution is 2.38. The van der Waals surface area contributed by atoms with Crippen LogP contribution in [0.5, 0.6) is 0 Å². The van der Waals surface area contributed by atoms with Crippen LogP contribution in [0.3, 0.4) is 0 Å². The lowest BCUT2D eigenvalue weighted by Crippen LogP contribution is -2.44. The lowest BCUT2D eigenvalue weighted by molar-refractivity contribution is 0.147. The molecule has 2 aliphatic rings. The highest BCUT2D eigenvalue weighted by molar-refractivity contribution is 9.09. The largest absolute Gasteiger partial charge is 0.297 e. The van der Waals surface area contributed by atoms with Crippen LogP contribution in [0.15, 0.2) is 17.5 Å². The van der Waals surface area contributed by atoms with Gasteiger partial charge in [-0.1, -0.05) is 22.0 Å². The summed E-state index contributed by atoms with van der Waals surface area (Å²) in [7, 11) is 0. The predicted molar refractivity (Wildman–Crippen MR) is 73.5 cm³/mol. The predicted octanol–water partition coefficient (Wildman–Crippen LogP) is 3.68. The Morgan fingerprint density at radius 1 is 1.31 bits per heavy atom.